The summed E-state index contributed by atoms with van der Waals surface area (Å²) in [6.45, 7) is 12.0. The summed E-state index contributed by atoms with van der Waals surface area (Å²) in [5, 5.41) is 3.90. The number of unbranched alkanes of at least 4 members (excludes halogenated alkanes) is 16. The normalized spacial score (nSPS) is 12.0. The highest BCUT2D eigenvalue weighted by Gasteiger charge is 2.27. The van der Waals surface area contributed by atoms with E-state index in [2.05, 4.69) is 33.0 Å². The molecule has 0 saturated heterocycles. The molecule has 0 amide bonds. The number of rotatable bonds is 24. The summed E-state index contributed by atoms with van der Waals surface area (Å²) in [7, 11) is 0. The Morgan fingerprint density at radius 1 is 0.448 bits per heavy atom. The van der Waals surface area contributed by atoms with E-state index in [1.54, 1.807) is 0 Å². The number of hydrogen-bond acceptors (Lipinski definition) is 1. The van der Waals surface area contributed by atoms with Crippen molar-refractivity contribution in [3.8, 4) is 0 Å². The van der Waals surface area contributed by atoms with Crippen LogP contribution in [0.2, 0.25) is 0 Å². The fraction of sp³-hybridized carbons (Fsp3) is 0.964. The first kappa shape index (κ1) is 29.0. The summed E-state index contributed by atoms with van der Waals surface area (Å²) < 4.78 is 0. The monoisotopic (exact) mass is 408 g/mol. The molecule has 0 bridgehead atoms. The Hall–Kier alpha value is -0.0400. The van der Waals surface area contributed by atoms with E-state index in [9.17, 15) is 0 Å². The van der Waals surface area contributed by atoms with Gasteiger partial charge in [-0.1, -0.05) is 143 Å². The molecule has 0 aliphatic carbocycles. The lowest BCUT2D eigenvalue weighted by atomic mass is 9.81. The largest absolute Gasteiger partial charge is 0.311 e. The Kier molecular flexibility index (Phi) is 22.6. The molecule has 0 atom stereocenters. The van der Waals surface area contributed by atoms with Crippen molar-refractivity contribution < 1.29 is 0 Å². The minimum Gasteiger partial charge on any atom is -0.311 e. The first-order chi connectivity index (χ1) is 14.2. The molecule has 0 aromatic rings. The highest BCUT2D eigenvalue weighted by molar-refractivity contribution is 4.88. The van der Waals surface area contributed by atoms with Crippen molar-refractivity contribution in [1.82, 2.24) is 5.32 Å². The standard InChI is InChI=1S/C28H58N/c1-5-9-12-15-18-21-24-27-28(29-8-4,25-22-19-16-13-10-6-2)26-23-20-17-14-11-7-3/h29H,4-27H2,1-3H3. The molecule has 0 aliphatic heterocycles. The zero-order valence-corrected chi connectivity index (χ0v) is 21.0. The van der Waals surface area contributed by atoms with Crippen molar-refractivity contribution in [3.63, 3.8) is 0 Å². The van der Waals surface area contributed by atoms with Crippen LogP contribution in [0.3, 0.4) is 0 Å². The third kappa shape index (κ3) is 18.4. The van der Waals surface area contributed by atoms with Crippen LogP contribution in [-0.2, 0) is 0 Å². The lowest BCUT2D eigenvalue weighted by molar-refractivity contribution is 0.243. The van der Waals surface area contributed by atoms with E-state index in [-0.39, 0.29) is 0 Å². The summed E-state index contributed by atoms with van der Waals surface area (Å²) in [4.78, 5) is 0. The summed E-state index contributed by atoms with van der Waals surface area (Å²) in [6, 6.07) is 0. The van der Waals surface area contributed by atoms with Crippen LogP contribution >= 0.6 is 0 Å². The van der Waals surface area contributed by atoms with Crippen LogP contribution in [0.25, 0.3) is 0 Å². The van der Waals surface area contributed by atoms with E-state index < -0.39 is 0 Å². The van der Waals surface area contributed by atoms with Gasteiger partial charge in [0.15, 0.2) is 0 Å². The van der Waals surface area contributed by atoms with Gasteiger partial charge in [-0.05, 0) is 32.7 Å². The molecule has 1 radical (unpaired) electrons. The molecule has 0 aliphatic rings. The summed E-state index contributed by atoms with van der Waals surface area (Å²) >= 11 is 0. The van der Waals surface area contributed by atoms with Crippen molar-refractivity contribution in [1.29, 1.82) is 0 Å². The van der Waals surface area contributed by atoms with Crippen molar-refractivity contribution in [2.75, 3.05) is 6.54 Å². The molecule has 175 valence electrons. The van der Waals surface area contributed by atoms with Gasteiger partial charge in [-0.2, -0.15) is 0 Å². The minimum atomic E-state index is 0.376. The van der Waals surface area contributed by atoms with Crippen LogP contribution in [0, 0.1) is 6.92 Å². The Labute approximate surface area is 186 Å². The zero-order chi connectivity index (χ0) is 21.5. The van der Waals surface area contributed by atoms with Gasteiger partial charge in [0.1, 0.15) is 0 Å². The van der Waals surface area contributed by atoms with Crippen LogP contribution in [0.4, 0.5) is 0 Å². The van der Waals surface area contributed by atoms with E-state index in [4.69, 9.17) is 0 Å². The van der Waals surface area contributed by atoms with Crippen molar-refractivity contribution in [2.45, 2.75) is 168 Å². The van der Waals surface area contributed by atoms with Crippen LogP contribution in [0.1, 0.15) is 162 Å². The molecule has 1 nitrogen and oxygen atoms in total. The van der Waals surface area contributed by atoms with Gasteiger partial charge in [0, 0.05) is 5.54 Å². The Morgan fingerprint density at radius 2 is 0.724 bits per heavy atom. The molecule has 0 fully saturated rings. The van der Waals surface area contributed by atoms with Gasteiger partial charge in [0.05, 0.1) is 0 Å². The summed E-state index contributed by atoms with van der Waals surface area (Å²) in [5.74, 6) is 0. The average Bonchev–Trinajstić information content (AvgIpc) is 2.72. The molecule has 0 aromatic heterocycles. The van der Waals surface area contributed by atoms with Gasteiger partial charge in [-0.15, -0.1) is 0 Å². The highest BCUT2D eigenvalue weighted by Crippen LogP contribution is 2.29. The second kappa shape index (κ2) is 22.6. The molecule has 0 saturated carbocycles. The van der Waals surface area contributed by atoms with Gasteiger partial charge in [0.2, 0.25) is 0 Å². The van der Waals surface area contributed by atoms with Gasteiger partial charge in [-0.25, -0.2) is 0 Å². The molecule has 29 heavy (non-hydrogen) atoms. The quantitative estimate of drug-likeness (QED) is 0.157. The van der Waals surface area contributed by atoms with Crippen LogP contribution < -0.4 is 5.32 Å². The SMILES string of the molecule is [CH2]CNC(CCCCCCCC)(CCCCCCCC)CCCCCCCCC. The molecule has 0 unspecified atom stereocenters. The fourth-order valence-corrected chi connectivity index (χ4v) is 4.81. The molecule has 0 spiro atoms. The first-order valence-corrected chi connectivity index (χ1v) is 13.8. The lowest BCUT2D eigenvalue weighted by Gasteiger charge is -2.36. The predicted molar refractivity (Wildman–Crippen MR) is 135 cm³/mol. The van der Waals surface area contributed by atoms with Gasteiger partial charge < -0.3 is 5.32 Å². The third-order valence-corrected chi connectivity index (χ3v) is 6.78. The van der Waals surface area contributed by atoms with Crippen molar-refractivity contribution >= 4 is 0 Å². The molecule has 0 aromatic carbocycles. The molecule has 0 heterocycles. The molecule has 0 rings (SSSR count). The van der Waals surface area contributed by atoms with E-state index in [0.29, 0.717) is 5.54 Å². The summed E-state index contributed by atoms with van der Waals surface area (Å²) in [6.07, 6.45) is 31.0. The second-order valence-electron chi connectivity index (χ2n) is 9.61. The summed E-state index contributed by atoms with van der Waals surface area (Å²) in [5.41, 5.74) is 0.376. The van der Waals surface area contributed by atoms with Gasteiger partial charge in [0.25, 0.3) is 0 Å². The fourth-order valence-electron chi connectivity index (χ4n) is 4.81. The molecule has 1 heteroatoms. The van der Waals surface area contributed by atoms with Crippen molar-refractivity contribution in [3.05, 3.63) is 6.92 Å². The number of hydrogen-bond donors (Lipinski definition) is 1. The van der Waals surface area contributed by atoms with Gasteiger partial charge >= 0.3 is 0 Å². The van der Waals surface area contributed by atoms with Gasteiger partial charge in [-0.3, -0.25) is 0 Å². The Balaban J connectivity index is 4.39. The van der Waals surface area contributed by atoms with E-state index in [0.717, 1.165) is 6.54 Å². The first-order valence-electron chi connectivity index (χ1n) is 13.8. The maximum Gasteiger partial charge on any atom is 0.0181 e. The van der Waals surface area contributed by atoms with Crippen LogP contribution in [0.15, 0.2) is 0 Å². The maximum atomic E-state index is 4.18. The topological polar surface area (TPSA) is 12.0 Å². The molecular formula is C28H58N. The average molecular weight is 409 g/mol. The Bertz CT molecular complexity index is 283. The minimum absolute atomic E-state index is 0.376. The maximum absolute atomic E-state index is 4.18. The highest BCUT2D eigenvalue weighted by atomic mass is 15.0. The number of nitrogens with one attached hydrogen (secondary N) is 1. The Morgan fingerprint density at radius 3 is 1.00 bits per heavy atom. The van der Waals surface area contributed by atoms with Crippen LogP contribution in [-0.4, -0.2) is 12.1 Å². The van der Waals surface area contributed by atoms with E-state index in [1.165, 1.54) is 141 Å². The molecular weight excluding hydrogens is 350 g/mol. The predicted octanol–water partition coefficient (Wildman–Crippen LogP) is 9.79. The van der Waals surface area contributed by atoms with E-state index in [1.807, 2.05) is 0 Å². The van der Waals surface area contributed by atoms with E-state index >= 15 is 0 Å². The third-order valence-electron chi connectivity index (χ3n) is 6.78. The van der Waals surface area contributed by atoms with Crippen LogP contribution in [0.5, 0.6) is 0 Å². The second-order valence-corrected chi connectivity index (χ2v) is 9.61. The van der Waals surface area contributed by atoms with Crippen molar-refractivity contribution in [2.24, 2.45) is 0 Å². The molecule has 1 N–H and O–H groups in total. The zero-order valence-electron chi connectivity index (χ0n) is 21.0. The lowest BCUT2D eigenvalue weighted by Crippen LogP contribution is -2.45. The smallest absolute Gasteiger partial charge is 0.0181 e.